The summed E-state index contributed by atoms with van der Waals surface area (Å²) in [6.45, 7) is 8.12. The normalized spacial score (nSPS) is 15.2. The number of amides is 2. The molecule has 1 fully saturated rings. The van der Waals surface area contributed by atoms with Crippen molar-refractivity contribution in [2.24, 2.45) is 0 Å². The second-order valence-corrected chi connectivity index (χ2v) is 8.49. The fourth-order valence-corrected chi connectivity index (χ4v) is 4.32. The molecule has 1 N–H and O–H groups in total. The summed E-state index contributed by atoms with van der Waals surface area (Å²) in [5, 5.41) is 2.69. The number of aryl methyl sites for hydroxylation is 3. The monoisotopic (exact) mass is 459 g/mol. The molecule has 2 amide bonds. The van der Waals surface area contributed by atoms with Crippen molar-refractivity contribution in [1.82, 2.24) is 9.88 Å². The highest BCUT2D eigenvalue weighted by Gasteiger charge is 2.34. The first-order chi connectivity index (χ1) is 15.7. The van der Waals surface area contributed by atoms with Crippen LogP contribution in [-0.4, -0.2) is 28.6 Å². The summed E-state index contributed by atoms with van der Waals surface area (Å²) in [4.78, 5) is 27.4. The molecule has 1 saturated heterocycles. The van der Waals surface area contributed by atoms with E-state index in [2.05, 4.69) is 41.9 Å². The summed E-state index contributed by atoms with van der Waals surface area (Å²) in [6.07, 6.45) is 1.64. The van der Waals surface area contributed by atoms with E-state index in [1.165, 1.54) is 4.90 Å². The Kier molecular flexibility index (Phi) is 5.91. The Morgan fingerprint density at radius 2 is 1.67 bits per heavy atom. The molecule has 4 rings (SSSR count). The predicted molar refractivity (Wildman–Crippen MR) is 134 cm³/mol. The number of hydrogen-bond donors (Lipinski definition) is 1. The number of methoxy groups -OCH3 is 1. The number of aromatic nitrogens is 1. The van der Waals surface area contributed by atoms with Gasteiger partial charge in [-0.3, -0.25) is 19.8 Å². The van der Waals surface area contributed by atoms with E-state index < -0.39 is 11.8 Å². The average molecular weight is 460 g/mol. The van der Waals surface area contributed by atoms with Gasteiger partial charge in [0.05, 0.1) is 12.8 Å². The average Bonchev–Trinajstić information content (AvgIpc) is 3.06. The fraction of sp³-hybridized carbons (Fsp3) is 0.192. The molecule has 1 aromatic heterocycles. The van der Waals surface area contributed by atoms with Crippen LogP contribution >= 0.6 is 12.2 Å². The van der Waals surface area contributed by atoms with Crippen LogP contribution in [-0.2, 0) is 9.59 Å². The van der Waals surface area contributed by atoms with Crippen LogP contribution in [0.1, 0.15) is 28.1 Å². The van der Waals surface area contributed by atoms with Gasteiger partial charge in [0, 0.05) is 17.1 Å². The minimum atomic E-state index is -0.508. The molecule has 2 heterocycles. The molecule has 0 unspecified atom stereocenters. The summed E-state index contributed by atoms with van der Waals surface area (Å²) in [7, 11) is 1.57. The van der Waals surface area contributed by atoms with E-state index in [9.17, 15) is 9.59 Å². The van der Waals surface area contributed by atoms with Crippen molar-refractivity contribution in [3.8, 4) is 11.4 Å². The number of anilines is 1. The minimum absolute atomic E-state index is 0.0284. The molecule has 0 radical (unpaired) electrons. The Labute approximate surface area is 198 Å². The Balaban J connectivity index is 1.76. The standard InChI is InChI=1S/C26H25N3O3S/c1-15-6-7-16(2)23(12-15)28-17(3)13-19(18(28)4)14-22-24(30)27-26(33)29(25(22)31)20-8-10-21(32-5)11-9-20/h6-14H,1-5H3,(H,27,30,33)/b22-14+. The van der Waals surface area contributed by atoms with Gasteiger partial charge in [0.2, 0.25) is 0 Å². The summed E-state index contributed by atoms with van der Waals surface area (Å²) in [5.74, 6) is -0.315. The number of nitrogens with one attached hydrogen (secondary N) is 1. The highest BCUT2D eigenvalue weighted by atomic mass is 32.1. The molecule has 0 spiro atoms. The maximum Gasteiger partial charge on any atom is 0.270 e. The van der Waals surface area contributed by atoms with Gasteiger partial charge in [-0.2, -0.15) is 0 Å². The van der Waals surface area contributed by atoms with Crippen LogP contribution in [0.3, 0.4) is 0 Å². The van der Waals surface area contributed by atoms with E-state index in [0.717, 1.165) is 33.8 Å². The van der Waals surface area contributed by atoms with Crippen molar-refractivity contribution in [1.29, 1.82) is 0 Å². The molecule has 7 heteroatoms. The third kappa shape index (κ3) is 4.07. The van der Waals surface area contributed by atoms with Gasteiger partial charge >= 0.3 is 0 Å². The Bertz CT molecular complexity index is 1320. The van der Waals surface area contributed by atoms with Crippen LogP contribution in [0.5, 0.6) is 5.75 Å². The minimum Gasteiger partial charge on any atom is -0.497 e. The third-order valence-corrected chi connectivity index (χ3v) is 6.09. The maximum atomic E-state index is 13.3. The van der Waals surface area contributed by atoms with E-state index in [1.807, 2.05) is 19.9 Å². The first-order valence-corrected chi connectivity index (χ1v) is 10.9. The zero-order valence-corrected chi connectivity index (χ0v) is 20.0. The van der Waals surface area contributed by atoms with Crippen molar-refractivity contribution in [3.63, 3.8) is 0 Å². The maximum absolute atomic E-state index is 13.3. The number of hydrogen-bond acceptors (Lipinski definition) is 4. The summed E-state index contributed by atoms with van der Waals surface area (Å²) in [5.41, 5.74) is 6.72. The van der Waals surface area contributed by atoms with Crippen LogP contribution in [0.2, 0.25) is 0 Å². The fourth-order valence-electron chi connectivity index (χ4n) is 4.04. The topological polar surface area (TPSA) is 63.6 Å². The van der Waals surface area contributed by atoms with E-state index in [0.29, 0.717) is 11.4 Å². The van der Waals surface area contributed by atoms with Crippen LogP contribution in [0, 0.1) is 27.7 Å². The molecule has 33 heavy (non-hydrogen) atoms. The van der Waals surface area contributed by atoms with Gasteiger partial charge in [0.1, 0.15) is 11.3 Å². The van der Waals surface area contributed by atoms with E-state index in [1.54, 1.807) is 37.5 Å². The van der Waals surface area contributed by atoms with Gasteiger partial charge in [-0.15, -0.1) is 0 Å². The number of carbonyl (C=O) groups is 2. The molecule has 2 aromatic carbocycles. The molecular weight excluding hydrogens is 434 g/mol. The van der Waals surface area contributed by atoms with Crippen LogP contribution in [0.15, 0.2) is 54.1 Å². The first kappa shape index (κ1) is 22.5. The zero-order valence-electron chi connectivity index (χ0n) is 19.2. The van der Waals surface area contributed by atoms with Gasteiger partial charge in [-0.25, -0.2) is 0 Å². The van der Waals surface area contributed by atoms with Crippen LogP contribution in [0.25, 0.3) is 11.8 Å². The quantitative estimate of drug-likeness (QED) is 0.353. The number of thiocarbonyl (C=S) groups is 1. The summed E-state index contributed by atoms with van der Waals surface area (Å²) >= 11 is 5.29. The Morgan fingerprint density at radius 3 is 2.33 bits per heavy atom. The van der Waals surface area contributed by atoms with Crippen molar-refractivity contribution in [3.05, 3.63) is 82.2 Å². The smallest absolute Gasteiger partial charge is 0.270 e. The highest BCUT2D eigenvalue weighted by Crippen LogP contribution is 2.28. The molecule has 168 valence electrons. The van der Waals surface area contributed by atoms with E-state index in [4.69, 9.17) is 17.0 Å². The van der Waals surface area contributed by atoms with Gasteiger partial charge in [-0.1, -0.05) is 12.1 Å². The van der Waals surface area contributed by atoms with E-state index >= 15 is 0 Å². The second kappa shape index (κ2) is 8.67. The van der Waals surface area contributed by atoms with Crippen molar-refractivity contribution < 1.29 is 14.3 Å². The van der Waals surface area contributed by atoms with E-state index in [-0.39, 0.29) is 10.7 Å². The van der Waals surface area contributed by atoms with Crippen molar-refractivity contribution in [2.45, 2.75) is 27.7 Å². The zero-order chi connectivity index (χ0) is 23.9. The molecule has 1 aliphatic rings. The third-order valence-electron chi connectivity index (χ3n) is 5.81. The van der Waals surface area contributed by atoms with Crippen LogP contribution in [0.4, 0.5) is 5.69 Å². The molecule has 0 bridgehead atoms. The lowest BCUT2D eigenvalue weighted by Gasteiger charge is -2.29. The lowest BCUT2D eigenvalue weighted by Crippen LogP contribution is -2.54. The molecule has 0 saturated carbocycles. The molecule has 0 aliphatic carbocycles. The molecule has 6 nitrogen and oxygen atoms in total. The molecular formula is C26H25N3O3S. The number of rotatable bonds is 4. The van der Waals surface area contributed by atoms with Crippen molar-refractivity contribution >= 4 is 40.9 Å². The van der Waals surface area contributed by atoms with Gasteiger partial charge in [-0.05, 0) is 99.1 Å². The van der Waals surface area contributed by atoms with Gasteiger partial charge in [0.25, 0.3) is 11.8 Å². The Hall–Kier alpha value is -3.71. The SMILES string of the molecule is COc1ccc(N2C(=O)/C(=C/c3cc(C)n(-c4cc(C)ccc4C)c3C)C(=O)NC2=S)cc1. The highest BCUT2D eigenvalue weighted by molar-refractivity contribution is 7.80. The number of benzene rings is 2. The summed E-state index contributed by atoms with van der Waals surface area (Å²) < 4.78 is 7.33. The molecule has 3 aromatic rings. The molecule has 1 aliphatic heterocycles. The lowest BCUT2D eigenvalue weighted by atomic mass is 10.1. The molecule has 0 atom stereocenters. The number of nitrogens with zero attached hydrogens (tertiary/aromatic N) is 2. The van der Waals surface area contributed by atoms with Crippen LogP contribution < -0.4 is 15.0 Å². The lowest BCUT2D eigenvalue weighted by molar-refractivity contribution is -0.122. The Morgan fingerprint density at radius 1 is 0.970 bits per heavy atom. The predicted octanol–water partition coefficient (Wildman–Crippen LogP) is 4.55. The number of carbonyl (C=O) groups excluding carboxylic acids is 2. The van der Waals surface area contributed by atoms with Gasteiger partial charge in [0.15, 0.2) is 5.11 Å². The summed E-state index contributed by atoms with van der Waals surface area (Å²) in [6, 6.07) is 15.2. The second-order valence-electron chi connectivity index (χ2n) is 8.11. The largest absolute Gasteiger partial charge is 0.497 e. The number of ether oxygens (including phenoxy) is 1. The first-order valence-electron chi connectivity index (χ1n) is 10.5. The van der Waals surface area contributed by atoms with Gasteiger partial charge < -0.3 is 9.30 Å². The van der Waals surface area contributed by atoms with Crippen molar-refractivity contribution in [2.75, 3.05) is 12.0 Å².